The van der Waals surface area contributed by atoms with Gasteiger partial charge in [0.25, 0.3) is 0 Å². The van der Waals surface area contributed by atoms with Gasteiger partial charge in [-0.15, -0.1) is 0 Å². The molecule has 2 fully saturated rings. The molecular formula is C39H72N2O13. The Balaban J connectivity index is 1.99. The lowest BCUT2D eigenvalue weighted by molar-refractivity contribution is -0.342. The molecule has 2 heterocycles. The minimum atomic E-state index is -1.68. The summed E-state index contributed by atoms with van der Waals surface area (Å²) in [6.45, 7) is 5.83. The second kappa shape index (κ2) is 27.6. The first-order chi connectivity index (χ1) is 25.9. The van der Waals surface area contributed by atoms with Crippen molar-refractivity contribution in [1.82, 2.24) is 5.32 Å². The Morgan fingerprint density at radius 1 is 0.722 bits per heavy atom. The summed E-state index contributed by atoms with van der Waals surface area (Å²) in [4.78, 5) is 37.2. The van der Waals surface area contributed by atoms with Gasteiger partial charge in [0.15, 0.2) is 18.7 Å². The van der Waals surface area contributed by atoms with E-state index in [1.807, 2.05) is 0 Å². The van der Waals surface area contributed by atoms with Crippen molar-refractivity contribution in [3.63, 3.8) is 0 Å². The van der Waals surface area contributed by atoms with Crippen LogP contribution in [0.1, 0.15) is 143 Å². The maximum atomic E-state index is 12.9. The summed E-state index contributed by atoms with van der Waals surface area (Å²) in [6.07, 6.45) is 6.02. The van der Waals surface area contributed by atoms with Crippen LogP contribution in [-0.4, -0.2) is 125 Å². The predicted molar refractivity (Wildman–Crippen MR) is 200 cm³/mol. The van der Waals surface area contributed by atoms with Crippen molar-refractivity contribution >= 4 is 17.8 Å². The molecule has 0 saturated carbocycles. The molecule has 0 aromatic carbocycles. The first-order valence-corrected chi connectivity index (χ1v) is 20.5. The van der Waals surface area contributed by atoms with Crippen LogP contribution < -0.4 is 11.1 Å². The third-order valence-electron chi connectivity index (χ3n) is 10.1. The highest BCUT2D eigenvalue weighted by Crippen LogP contribution is 2.29. The average molecular weight is 777 g/mol. The number of ether oxygens (including phenoxy) is 6. The van der Waals surface area contributed by atoms with E-state index in [4.69, 9.17) is 34.2 Å². The molecule has 0 radical (unpaired) electrons. The van der Waals surface area contributed by atoms with Gasteiger partial charge in [0.1, 0.15) is 37.1 Å². The lowest BCUT2D eigenvalue weighted by Crippen LogP contribution is -2.68. The van der Waals surface area contributed by atoms with Gasteiger partial charge in [-0.05, 0) is 19.8 Å². The van der Waals surface area contributed by atoms with Crippen molar-refractivity contribution < 1.29 is 63.2 Å². The van der Waals surface area contributed by atoms with Crippen LogP contribution in [0.3, 0.4) is 0 Å². The molecule has 316 valence electrons. The van der Waals surface area contributed by atoms with Gasteiger partial charge < -0.3 is 59.9 Å². The van der Waals surface area contributed by atoms with E-state index >= 15 is 0 Å². The summed E-state index contributed by atoms with van der Waals surface area (Å²) in [5.74, 6) is -1.41. The van der Waals surface area contributed by atoms with Gasteiger partial charge in [-0.3, -0.25) is 14.4 Å². The topological polar surface area (TPSA) is 226 Å². The standard InChI is InChI=1S/C39H72N2O13/c1-5-7-9-11-12-13-14-15-16-17-18-20-22-31(45)52-28(24-49-30(44)21-19-10-8-6-2)25-50-39-36(48)37(34(46)29(23-42)53-39)54-38-33(41-27(4)43)35(47)32(40)26(3)51-38/h26,28-29,32-39,42,46-48H,5-25,40H2,1-4H3,(H,41,43)/t26-,28-,29-,32+,33-,34-,35+,36-,37+,38+,39+/m1/s1. The predicted octanol–water partition coefficient (Wildman–Crippen LogP) is 3.28. The molecule has 2 aliphatic rings. The fourth-order valence-electron chi connectivity index (χ4n) is 6.70. The Hall–Kier alpha value is -1.95. The van der Waals surface area contributed by atoms with E-state index in [1.165, 1.54) is 58.3 Å². The van der Waals surface area contributed by atoms with E-state index in [9.17, 15) is 34.8 Å². The molecule has 0 unspecified atom stereocenters. The number of carbonyl (C=O) groups excluding carboxylic acids is 3. The number of esters is 2. The van der Waals surface area contributed by atoms with Crippen LogP contribution in [0.2, 0.25) is 0 Å². The molecule has 11 atom stereocenters. The van der Waals surface area contributed by atoms with E-state index in [-0.39, 0.29) is 26.1 Å². The van der Waals surface area contributed by atoms with E-state index in [1.54, 1.807) is 6.92 Å². The molecule has 0 bridgehead atoms. The maximum Gasteiger partial charge on any atom is 0.306 e. The number of nitrogens with one attached hydrogen (secondary N) is 1. The molecule has 2 aliphatic heterocycles. The Labute approximate surface area is 322 Å². The summed E-state index contributed by atoms with van der Waals surface area (Å²) in [5.41, 5.74) is 6.04. The van der Waals surface area contributed by atoms with E-state index in [0.717, 1.165) is 38.5 Å². The van der Waals surface area contributed by atoms with Gasteiger partial charge in [0.2, 0.25) is 5.91 Å². The van der Waals surface area contributed by atoms with Crippen molar-refractivity contribution in [2.75, 3.05) is 19.8 Å². The average Bonchev–Trinajstić information content (AvgIpc) is 3.14. The fraction of sp³-hybridized carbons (Fsp3) is 0.923. The van der Waals surface area contributed by atoms with Gasteiger partial charge in [0, 0.05) is 19.8 Å². The van der Waals surface area contributed by atoms with E-state index < -0.39 is 91.8 Å². The number of hydrogen-bond donors (Lipinski definition) is 6. The third-order valence-corrected chi connectivity index (χ3v) is 10.1. The molecule has 0 aromatic rings. The van der Waals surface area contributed by atoms with Crippen molar-refractivity contribution in [2.45, 2.75) is 211 Å². The van der Waals surface area contributed by atoms with Crippen LogP contribution in [0.5, 0.6) is 0 Å². The molecule has 1 amide bonds. The van der Waals surface area contributed by atoms with Crippen LogP contribution in [0.25, 0.3) is 0 Å². The number of hydrogen-bond acceptors (Lipinski definition) is 14. The molecule has 0 spiro atoms. The summed E-state index contributed by atoms with van der Waals surface area (Å²) in [5, 5.41) is 45.6. The first kappa shape index (κ1) is 48.2. The number of aliphatic hydroxyl groups excluding tert-OH is 4. The van der Waals surface area contributed by atoms with Gasteiger partial charge in [-0.2, -0.15) is 0 Å². The summed E-state index contributed by atoms with van der Waals surface area (Å²) < 4.78 is 34.4. The highest BCUT2D eigenvalue weighted by molar-refractivity contribution is 5.73. The highest BCUT2D eigenvalue weighted by Gasteiger charge is 2.50. The largest absolute Gasteiger partial charge is 0.462 e. The third kappa shape index (κ3) is 17.9. The molecule has 15 heteroatoms. The Kier molecular flexibility index (Phi) is 24.6. The Morgan fingerprint density at radius 3 is 1.81 bits per heavy atom. The molecule has 2 rings (SSSR count). The van der Waals surface area contributed by atoms with Crippen molar-refractivity contribution in [3.8, 4) is 0 Å². The second-order valence-electron chi connectivity index (χ2n) is 14.9. The molecule has 2 saturated heterocycles. The zero-order chi connectivity index (χ0) is 39.9. The van der Waals surface area contributed by atoms with Crippen LogP contribution in [0, 0.1) is 0 Å². The van der Waals surface area contributed by atoms with Crippen molar-refractivity contribution in [1.29, 1.82) is 0 Å². The maximum absolute atomic E-state index is 12.9. The first-order valence-electron chi connectivity index (χ1n) is 20.5. The lowest BCUT2D eigenvalue weighted by Gasteiger charge is -2.47. The summed E-state index contributed by atoms with van der Waals surface area (Å²) >= 11 is 0. The Bertz CT molecular complexity index is 1040. The summed E-state index contributed by atoms with van der Waals surface area (Å²) in [7, 11) is 0. The smallest absolute Gasteiger partial charge is 0.306 e. The zero-order valence-corrected chi connectivity index (χ0v) is 33.2. The number of amides is 1. The minimum Gasteiger partial charge on any atom is -0.462 e. The number of rotatable bonds is 28. The highest BCUT2D eigenvalue weighted by atomic mass is 16.7. The fourth-order valence-corrected chi connectivity index (χ4v) is 6.70. The van der Waals surface area contributed by atoms with Crippen molar-refractivity contribution in [2.24, 2.45) is 5.73 Å². The number of aliphatic hydroxyl groups is 4. The van der Waals surface area contributed by atoms with Crippen LogP contribution in [0.15, 0.2) is 0 Å². The Morgan fingerprint density at radius 2 is 1.26 bits per heavy atom. The van der Waals surface area contributed by atoms with E-state index in [0.29, 0.717) is 12.8 Å². The molecule has 0 aliphatic carbocycles. The van der Waals surface area contributed by atoms with Crippen molar-refractivity contribution in [3.05, 3.63) is 0 Å². The molecule has 0 aromatic heterocycles. The zero-order valence-electron chi connectivity index (χ0n) is 33.2. The molecule has 7 N–H and O–H groups in total. The lowest BCUT2D eigenvalue weighted by atomic mass is 9.94. The quantitative estimate of drug-likeness (QED) is 0.0496. The van der Waals surface area contributed by atoms with Gasteiger partial charge in [-0.1, -0.05) is 104 Å². The minimum absolute atomic E-state index is 0.181. The van der Waals surface area contributed by atoms with E-state index in [2.05, 4.69) is 19.2 Å². The van der Waals surface area contributed by atoms with Crippen LogP contribution in [0.4, 0.5) is 0 Å². The molecule has 54 heavy (non-hydrogen) atoms. The second-order valence-corrected chi connectivity index (χ2v) is 14.9. The van der Waals surface area contributed by atoms with Crippen LogP contribution >= 0.6 is 0 Å². The van der Waals surface area contributed by atoms with Gasteiger partial charge in [0.05, 0.1) is 31.5 Å². The number of nitrogens with two attached hydrogens (primary N) is 1. The van der Waals surface area contributed by atoms with Gasteiger partial charge in [-0.25, -0.2) is 0 Å². The number of unbranched alkanes of at least 4 members (excludes halogenated alkanes) is 14. The SMILES string of the molecule is CCCCCCCCCCCCCCC(=O)O[C@H](COC(=O)CCCCCC)CO[C@H]1O[C@H](CO)[C@@H](O)[C@H](O[C@@H]2O[C@H](C)[C@H](N)[C@H](O)[C@H]2NC(C)=O)[C@H]1O. The molecular weight excluding hydrogens is 704 g/mol. The number of carbonyl (C=O) groups is 3. The molecule has 15 nitrogen and oxygen atoms in total. The van der Waals surface area contributed by atoms with Gasteiger partial charge >= 0.3 is 11.9 Å². The van der Waals surface area contributed by atoms with Crippen LogP contribution in [-0.2, 0) is 42.8 Å². The normalized spacial score (nSPS) is 29.1. The monoisotopic (exact) mass is 777 g/mol. The summed E-state index contributed by atoms with van der Waals surface area (Å²) in [6, 6.07) is -2.01.